The summed E-state index contributed by atoms with van der Waals surface area (Å²) in [6.07, 6.45) is 0. The molecule has 0 aromatic carbocycles. The molecular weight excluding hydrogens is 304 g/mol. The number of thiophene rings is 3. The summed E-state index contributed by atoms with van der Waals surface area (Å²) in [4.78, 5) is 6.94. The van der Waals surface area contributed by atoms with Gasteiger partial charge in [-0.15, -0.1) is 59.3 Å². The van der Waals surface area contributed by atoms with Crippen LogP contribution in [0.15, 0.2) is 44.8 Å². The Bertz CT molecular complexity index is 561. The number of hydrogen-bond donors (Lipinski definition) is 2. The van der Waals surface area contributed by atoms with Crippen molar-refractivity contribution in [2.24, 2.45) is 0 Å². The van der Waals surface area contributed by atoms with Crippen molar-refractivity contribution >= 4 is 59.3 Å². The van der Waals surface area contributed by atoms with Crippen LogP contribution in [0, 0.1) is 0 Å². The Hall–Kier alpha value is -0.200. The van der Waals surface area contributed by atoms with Crippen LogP contribution in [0.3, 0.4) is 0 Å². The molecule has 0 fully saturated rings. The molecule has 17 heavy (non-hydrogen) atoms. The maximum absolute atomic E-state index is 4.60. The van der Waals surface area contributed by atoms with E-state index in [9.17, 15) is 0 Å². The average molecular weight is 313 g/mol. The third-order valence-electron chi connectivity index (χ3n) is 2.35. The van der Waals surface area contributed by atoms with Crippen molar-refractivity contribution in [3.63, 3.8) is 0 Å². The van der Waals surface area contributed by atoms with Crippen LogP contribution in [-0.2, 0) is 0 Å². The zero-order valence-electron chi connectivity index (χ0n) is 8.58. The van der Waals surface area contributed by atoms with Gasteiger partial charge in [-0.3, -0.25) is 0 Å². The van der Waals surface area contributed by atoms with Crippen LogP contribution in [-0.4, -0.2) is 0 Å². The predicted octanol–water partition coefficient (Wildman–Crippen LogP) is 5.78. The molecule has 86 valence electrons. The molecule has 0 N–H and O–H groups in total. The number of rotatable bonds is 2. The van der Waals surface area contributed by atoms with Crippen LogP contribution in [0.4, 0.5) is 0 Å². The van der Waals surface area contributed by atoms with E-state index in [-0.39, 0.29) is 0 Å². The molecule has 3 aromatic heterocycles. The van der Waals surface area contributed by atoms with Gasteiger partial charge in [0.2, 0.25) is 0 Å². The first-order valence-corrected chi connectivity index (χ1v) is 8.37. The van der Waals surface area contributed by atoms with Crippen molar-refractivity contribution in [2.75, 3.05) is 0 Å². The lowest BCUT2D eigenvalue weighted by atomic mass is 10.3. The van der Waals surface area contributed by atoms with Gasteiger partial charge in [0.15, 0.2) is 0 Å². The Morgan fingerprint density at radius 2 is 1.24 bits per heavy atom. The molecule has 0 aliphatic carbocycles. The van der Waals surface area contributed by atoms with Gasteiger partial charge in [0.1, 0.15) is 0 Å². The van der Waals surface area contributed by atoms with Gasteiger partial charge in [0, 0.05) is 19.5 Å². The molecule has 0 spiro atoms. The van der Waals surface area contributed by atoms with E-state index >= 15 is 0 Å². The summed E-state index contributed by atoms with van der Waals surface area (Å²) in [6.45, 7) is 0. The Labute approximate surface area is 123 Å². The van der Waals surface area contributed by atoms with E-state index in [0.29, 0.717) is 0 Å². The fourth-order valence-electron chi connectivity index (χ4n) is 1.56. The summed E-state index contributed by atoms with van der Waals surface area (Å²) in [7, 11) is 0. The summed E-state index contributed by atoms with van der Waals surface area (Å²) >= 11 is 14.4. The standard InChI is InChI=1S/C12H8S5/c13-9-10(14)12(8-4-2-6-16-8)17-11(9)7-3-1-5-15-7/h1-6,13-14H. The van der Waals surface area contributed by atoms with E-state index in [1.807, 2.05) is 0 Å². The molecule has 3 aromatic rings. The zero-order valence-corrected chi connectivity index (χ0v) is 12.8. The molecule has 0 radical (unpaired) electrons. The maximum Gasteiger partial charge on any atom is 0.0594 e. The average Bonchev–Trinajstić information content (AvgIpc) is 3.02. The lowest BCUT2D eigenvalue weighted by Gasteiger charge is -1.93. The van der Waals surface area contributed by atoms with Gasteiger partial charge in [-0.1, -0.05) is 12.1 Å². The highest BCUT2D eigenvalue weighted by Gasteiger charge is 2.16. The van der Waals surface area contributed by atoms with Crippen LogP contribution < -0.4 is 0 Å². The molecule has 0 bridgehead atoms. The molecule has 0 nitrogen and oxygen atoms in total. The Morgan fingerprint density at radius 3 is 1.59 bits per heavy atom. The Balaban J connectivity index is 2.18. The van der Waals surface area contributed by atoms with E-state index in [2.05, 4.69) is 60.3 Å². The first-order valence-electron chi connectivity index (χ1n) is 4.90. The Morgan fingerprint density at radius 1 is 0.765 bits per heavy atom. The van der Waals surface area contributed by atoms with E-state index < -0.39 is 0 Å². The second-order valence-electron chi connectivity index (χ2n) is 3.41. The normalized spacial score (nSPS) is 10.9. The van der Waals surface area contributed by atoms with Gasteiger partial charge in [0.25, 0.3) is 0 Å². The van der Waals surface area contributed by atoms with Crippen LogP contribution >= 0.6 is 59.3 Å². The molecule has 0 saturated carbocycles. The van der Waals surface area contributed by atoms with Crippen molar-refractivity contribution in [1.82, 2.24) is 0 Å². The molecule has 5 heteroatoms. The second kappa shape index (κ2) is 4.82. The Kier molecular flexibility index (Phi) is 3.36. The summed E-state index contributed by atoms with van der Waals surface area (Å²) in [6, 6.07) is 8.38. The fraction of sp³-hybridized carbons (Fsp3) is 0. The van der Waals surface area contributed by atoms with Crippen molar-refractivity contribution in [1.29, 1.82) is 0 Å². The lowest BCUT2D eigenvalue weighted by molar-refractivity contribution is 1.37. The minimum Gasteiger partial charge on any atom is -0.143 e. The number of hydrogen-bond acceptors (Lipinski definition) is 5. The lowest BCUT2D eigenvalue weighted by Crippen LogP contribution is -1.67. The quantitative estimate of drug-likeness (QED) is 0.550. The monoisotopic (exact) mass is 312 g/mol. The first-order chi connectivity index (χ1) is 8.27. The molecule has 0 aliphatic rings. The second-order valence-corrected chi connectivity index (χ2v) is 7.22. The van der Waals surface area contributed by atoms with Crippen LogP contribution in [0.2, 0.25) is 0 Å². The minimum atomic E-state index is 0.990. The van der Waals surface area contributed by atoms with Crippen LogP contribution in [0.5, 0.6) is 0 Å². The van der Waals surface area contributed by atoms with Crippen molar-refractivity contribution < 1.29 is 0 Å². The molecule has 0 amide bonds. The molecule has 0 unspecified atom stereocenters. The van der Waals surface area contributed by atoms with Crippen molar-refractivity contribution in [2.45, 2.75) is 9.79 Å². The molecule has 3 heterocycles. The highest BCUT2D eigenvalue weighted by molar-refractivity contribution is 7.84. The van der Waals surface area contributed by atoms with Gasteiger partial charge in [-0.25, -0.2) is 0 Å². The summed E-state index contributed by atoms with van der Waals surface area (Å²) in [5.74, 6) is 0. The molecule has 0 saturated heterocycles. The van der Waals surface area contributed by atoms with Gasteiger partial charge >= 0.3 is 0 Å². The summed E-state index contributed by atoms with van der Waals surface area (Å²) in [5.41, 5.74) is 0. The van der Waals surface area contributed by atoms with Crippen molar-refractivity contribution in [3.05, 3.63) is 35.0 Å². The highest BCUT2D eigenvalue weighted by Crippen LogP contribution is 2.47. The van der Waals surface area contributed by atoms with Crippen LogP contribution in [0.1, 0.15) is 0 Å². The van der Waals surface area contributed by atoms with Gasteiger partial charge in [-0.05, 0) is 22.9 Å². The molecule has 0 aliphatic heterocycles. The zero-order chi connectivity index (χ0) is 11.8. The van der Waals surface area contributed by atoms with Crippen molar-refractivity contribution in [3.8, 4) is 19.5 Å². The minimum absolute atomic E-state index is 0.990. The largest absolute Gasteiger partial charge is 0.143 e. The summed E-state index contributed by atoms with van der Waals surface area (Å²) < 4.78 is 0. The van der Waals surface area contributed by atoms with Gasteiger partial charge in [-0.2, -0.15) is 0 Å². The maximum atomic E-state index is 4.60. The fourth-order valence-corrected chi connectivity index (χ4v) is 5.42. The van der Waals surface area contributed by atoms with E-state index in [0.717, 1.165) is 9.79 Å². The third-order valence-corrected chi connectivity index (χ3v) is 7.01. The SMILES string of the molecule is Sc1c(-c2cccs2)sc(-c2cccs2)c1S. The van der Waals surface area contributed by atoms with Gasteiger partial charge < -0.3 is 0 Å². The van der Waals surface area contributed by atoms with E-state index in [1.165, 1.54) is 19.5 Å². The van der Waals surface area contributed by atoms with Crippen LogP contribution in [0.25, 0.3) is 19.5 Å². The summed E-state index contributed by atoms with van der Waals surface area (Å²) in [5, 5.41) is 4.18. The van der Waals surface area contributed by atoms with E-state index in [4.69, 9.17) is 0 Å². The topological polar surface area (TPSA) is 0 Å². The third kappa shape index (κ3) is 2.11. The predicted molar refractivity (Wildman–Crippen MR) is 85.4 cm³/mol. The van der Waals surface area contributed by atoms with E-state index in [1.54, 1.807) is 34.0 Å². The molecule has 3 rings (SSSR count). The smallest absolute Gasteiger partial charge is 0.0594 e. The number of thiol groups is 2. The first kappa shape index (κ1) is 11.9. The molecular formula is C12H8S5. The highest BCUT2D eigenvalue weighted by atomic mass is 32.1. The van der Waals surface area contributed by atoms with Gasteiger partial charge in [0.05, 0.1) is 9.75 Å². The molecule has 0 atom stereocenters.